The number of furan rings is 1. The predicted molar refractivity (Wildman–Crippen MR) is 105 cm³/mol. The van der Waals surface area contributed by atoms with Crippen molar-refractivity contribution in [3.05, 3.63) is 64.2 Å². The lowest BCUT2D eigenvalue weighted by Crippen LogP contribution is -2.40. The van der Waals surface area contributed by atoms with Crippen LogP contribution in [0.1, 0.15) is 22.7 Å². The first-order valence-corrected chi connectivity index (χ1v) is 11.5. The van der Waals surface area contributed by atoms with Crippen LogP contribution in [-0.2, 0) is 16.4 Å². The van der Waals surface area contributed by atoms with Gasteiger partial charge in [-0.3, -0.25) is 4.79 Å². The molecule has 1 unspecified atom stereocenters. The van der Waals surface area contributed by atoms with E-state index in [4.69, 9.17) is 8.94 Å². The van der Waals surface area contributed by atoms with Crippen molar-refractivity contribution in [2.24, 2.45) is 0 Å². The van der Waals surface area contributed by atoms with Gasteiger partial charge in [0.2, 0.25) is 0 Å². The summed E-state index contributed by atoms with van der Waals surface area (Å²) in [4.78, 5) is 14.5. The van der Waals surface area contributed by atoms with Crippen LogP contribution in [0.4, 0.5) is 8.78 Å². The minimum absolute atomic E-state index is 0.0117. The average Bonchev–Trinajstić information content (AvgIpc) is 3.41. The molecule has 1 aliphatic heterocycles. The molecule has 0 saturated carbocycles. The van der Waals surface area contributed by atoms with Gasteiger partial charge in [-0.15, -0.1) is 0 Å². The molecule has 3 heterocycles. The van der Waals surface area contributed by atoms with Crippen molar-refractivity contribution < 1.29 is 30.9 Å². The fraction of sp³-hybridized carbons (Fsp3) is 0.263. The van der Waals surface area contributed by atoms with Crippen molar-refractivity contribution in [2.75, 3.05) is 11.5 Å². The van der Waals surface area contributed by atoms with E-state index in [1.54, 1.807) is 12.1 Å². The number of rotatable bonds is 5. The summed E-state index contributed by atoms with van der Waals surface area (Å²) in [6.45, 7) is 0.0397. The number of carbonyl (C=O) groups excluding carboxylic acids is 1. The van der Waals surface area contributed by atoms with Gasteiger partial charge >= 0.3 is 0 Å². The Morgan fingerprint density at radius 3 is 2.63 bits per heavy atom. The third-order valence-electron chi connectivity index (χ3n) is 4.80. The molecule has 1 saturated heterocycles. The third-order valence-corrected chi connectivity index (χ3v) is 6.98. The molecule has 3 aromatic rings. The van der Waals surface area contributed by atoms with E-state index < -0.39 is 33.4 Å². The van der Waals surface area contributed by atoms with E-state index in [1.165, 1.54) is 17.0 Å². The van der Waals surface area contributed by atoms with E-state index in [0.29, 0.717) is 16.9 Å². The maximum absolute atomic E-state index is 13.5. The first-order valence-electron chi connectivity index (χ1n) is 8.89. The Labute approximate surface area is 178 Å². The van der Waals surface area contributed by atoms with Crippen LogP contribution in [0.5, 0.6) is 0 Å². The van der Waals surface area contributed by atoms with Gasteiger partial charge < -0.3 is 13.8 Å². The molecule has 2 aromatic heterocycles. The van der Waals surface area contributed by atoms with Crippen LogP contribution in [0.2, 0.25) is 0 Å². The van der Waals surface area contributed by atoms with Gasteiger partial charge in [-0.1, -0.05) is 5.16 Å². The molecule has 4 rings (SSSR count). The molecule has 0 N–H and O–H groups in total. The number of aromatic nitrogens is 1. The molecular weight excluding hydrogens is 486 g/mol. The van der Waals surface area contributed by atoms with E-state index >= 15 is 0 Å². The van der Waals surface area contributed by atoms with Gasteiger partial charge in [-0.2, -0.15) is 0 Å². The van der Waals surface area contributed by atoms with Crippen LogP contribution in [0.15, 0.2) is 50.0 Å². The number of hydrogen-bond acceptors (Lipinski definition) is 6. The molecular formula is C19H15BrF2N2O5S. The lowest BCUT2D eigenvalue weighted by atomic mass is 10.1. The van der Waals surface area contributed by atoms with Crippen LogP contribution in [0.3, 0.4) is 0 Å². The topological polar surface area (TPSA) is 93.6 Å². The maximum Gasteiger partial charge on any atom is 0.276 e. The first-order chi connectivity index (χ1) is 14.2. The highest BCUT2D eigenvalue weighted by atomic mass is 79.9. The first kappa shape index (κ1) is 20.7. The Morgan fingerprint density at radius 1 is 1.20 bits per heavy atom. The summed E-state index contributed by atoms with van der Waals surface area (Å²) >= 11 is 3.20. The van der Waals surface area contributed by atoms with E-state index in [9.17, 15) is 22.0 Å². The number of amides is 1. The second-order valence-electron chi connectivity index (χ2n) is 6.90. The van der Waals surface area contributed by atoms with Gasteiger partial charge in [0.05, 0.1) is 18.1 Å². The molecule has 0 aliphatic carbocycles. The predicted octanol–water partition coefficient (Wildman–Crippen LogP) is 3.80. The molecule has 7 nitrogen and oxygen atoms in total. The van der Waals surface area contributed by atoms with E-state index in [0.717, 1.165) is 12.1 Å². The summed E-state index contributed by atoms with van der Waals surface area (Å²) in [6, 6.07) is 7.28. The van der Waals surface area contributed by atoms with E-state index in [-0.39, 0.29) is 35.1 Å². The second kappa shape index (κ2) is 7.95. The average molecular weight is 501 g/mol. The van der Waals surface area contributed by atoms with Crippen LogP contribution < -0.4 is 0 Å². The summed E-state index contributed by atoms with van der Waals surface area (Å²) in [5.41, 5.74) is 0.134. The normalized spacial score (nSPS) is 17.9. The molecule has 0 bridgehead atoms. The lowest BCUT2D eigenvalue weighted by Gasteiger charge is -2.26. The Morgan fingerprint density at radius 2 is 2.00 bits per heavy atom. The number of halogens is 3. The van der Waals surface area contributed by atoms with E-state index in [1.807, 2.05) is 0 Å². The summed E-state index contributed by atoms with van der Waals surface area (Å²) in [5, 5.41) is 3.75. The number of benzene rings is 1. The molecule has 30 heavy (non-hydrogen) atoms. The second-order valence-corrected chi connectivity index (χ2v) is 9.91. The Hall–Kier alpha value is -2.53. The highest BCUT2D eigenvalue weighted by Crippen LogP contribution is 2.26. The zero-order chi connectivity index (χ0) is 21.5. The van der Waals surface area contributed by atoms with Gasteiger partial charge in [-0.05, 0) is 52.7 Å². The van der Waals surface area contributed by atoms with Gasteiger partial charge in [-0.25, -0.2) is 17.2 Å². The number of hydrogen-bond donors (Lipinski definition) is 0. The summed E-state index contributed by atoms with van der Waals surface area (Å²) in [7, 11) is -3.24. The Kier molecular flexibility index (Phi) is 5.49. The van der Waals surface area contributed by atoms with Crippen LogP contribution in [0, 0.1) is 11.6 Å². The Bertz CT molecular complexity index is 1210. The highest BCUT2D eigenvalue weighted by Gasteiger charge is 2.36. The van der Waals surface area contributed by atoms with E-state index in [2.05, 4.69) is 21.1 Å². The molecule has 1 fully saturated rings. The Balaban J connectivity index is 1.62. The summed E-state index contributed by atoms with van der Waals surface area (Å²) in [5.74, 6) is -2.25. The monoisotopic (exact) mass is 500 g/mol. The largest absolute Gasteiger partial charge is 0.452 e. The molecule has 0 spiro atoms. The SMILES string of the molecule is O=C(c1cc(-c2ccc(F)c(F)c2)on1)N(Cc1ccc(Br)o1)C1CCS(=O)(=O)C1. The quantitative estimate of drug-likeness (QED) is 0.528. The lowest BCUT2D eigenvalue weighted by molar-refractivity contribution is 0.0655. The fourth-order valence-corrected chi connectivity index (χ4v) is 5.37. The van der Waals surface area contributed by atoms with Crippen LogP contribution >= 0.6 is 15.9 Å². The minimum atomic E-state index is -3.24. The number of carbonyl (C=O) groups is 1. The zero-order valence-electron chi connectivity index (χ0n) is 15.3. The van der Waals surface area contributed by atoms with Crippen molar-refractivity contribution in [1.82, 2.24) is 10.1 Å². The van der Waals surface area contributed by atoms with Crippen molar-refractivity contribution in [3.63, 3.8) is 0 Å². The highest BCUT2D eigenvalue weighted by molar-refractivity contribution is 9.10. The van der Waals surface area contributed by atoms with Gasteiger partial charge in [0.25, 0.3) is 5.91 Å². The molecule has 0 radical (unpaired) electrons. The van der Waals surface area contributed by atoms with Crippen LogP contribution in [-0.4, -0.2) is 41.9 Å². The standard InChI is InChI=1S/C19H15BrF2N2O5S/c20-18-4-2-13(28-18)9-24(12-5-6-30(26,27)10-12)19(25)16-8-17(29-23-16)11-1-3-14(21)15(22)7-11/h1-4,7-8,12H,5-6,9-10H2. The number of sulfone groups is 1. The van der Waals surface area contributed by atoms with Gasteiger partial charge in [0.1, 0.15) is 5.76 Å². The number of nitrogens with zero attached hydrogens (tertiary/aromatic N) is 2. The van der Waals surface area contributed by atoms with Crippen LogP contribution in [0.25, 0.3) is 11.3 Å². The smallest absolute Gasteiger partial charge is 0.276 e. The van der Waals surface area contributed by atoms with Crippen molar-refractivity contribution in [2.45, 2.75) is 19.0 Å². The molecule has 1 aromatic carbocycles. The summed E-state index contributed by atoms with van der Waals surface area (Å²) in [6.07, 6.45) is 0.295. The zero-order valence-corrected chi connectivity index (χ0v) is 17.8. The van der Waals surface area contributed by atoms with Gasteiger partial charge in [0, 0.05) is 17.7 Å². The van der Waals surface area contributed by atoms with Gasteiger partial charge in [0.15, 0.2) is 37.6 Å². The van der Waals surface area contributed by atoms with Crippen molar-refractivity contribution >= 4 is 31.7 Å². The molecule has 1 atom stereocenters. The van der Waals surface area contributed by atoms with Crippen molar-refractivity contribution in [3.8, 4) is 11.3 Å². The third kappa shape index (κ3) is 4.31. The minimum Gasteiger partial charge on any atom is -0.452 e. The summed E-state index contributed by atoms with van der Waals surface area (Å²) < 4.78 is 61.6. The molecule has 158 valence electrons. The molecule has 1 amide bonds. The van der Waals surface area contributed by atoms with Crippen molar-refractivity contribution in [1.29, 1.82) is 0 Å². The maximum atomic E-state index is 13.5. The fourth-order valence-electron chi connectivity index (χ4n) is 3.30. The molecule has 1 aliphatic rings. The molecule has 11 heteroatoms.